The fourth-order valence-electron chi connectivity index (χ4n) is 4.08. The molecule has 5 rings (SSSR count). The number of carbonyl (C=O) groups is 2. The topological polar surface area (TPSA) is 84.5 Å². The van der Waals surface area contributed by atoms with E-state index >= 15 is 0 Å². The molecule has 2 aromatic rings. The van der Waals surface area contributed by atoms with Crippen LogP contribution in [0.5, 0.6) is 0 Å². The van der Waals surface area contributed by atoms with Crippen LogP contribution in [0.1, 0.15) is 53.5 Å². The van der Waals surface area contributed by atoms with Crippen LogP contribution in [0.2, 0.25) is 0 Å². The lowest BCUT2D eigenvalue weighted by molar-refractivity contribution is -0.117. The van der Waals surface area contributed by atoms with E-state index in [-0.39, 0.29) is 17.9 Å². The van der Waals surface area contributed by atoms with Crippen LogP contribution >= 0.6 is 0 Å². The minimum atomic E-state index is -0.0704. The van der Waals surface area contributed by atoms with Crippen molar-refractivity contribution in [3.8, 4) is 0 Å². The number of likely N-dealkylation sites (tertiary alicyclic amines) is 1. The number of hydrogen-bond donors (Lipinski definition) is 0. The van der Waals surface area contributed by atoms with E-state index in [0.29, 0.717) is 25.3 Å². The molecule has 0 spiro atoms. The lowest BCUT2D eigenvalue weighted by Crippen LogP contribution is -2.51. The first-order valence-corrected chi connectivity index (χ1v) is 9.32. The molecule has 4 heterocycles. The van der Waals surface area contributed by atoms with E-state index in [9.17, 15) is 9.59 Å². The van der Waals surface area contributed by atoms with E-state index in [1.165, 1.54) is 0 Å². The second-order valence-corrected chi connectivity index (χ2v) is 7.34. The number of carbonyl (C=O) groups excluding carboxylic acids is 2. The van der Waals surface area contributed by atoms with Gasteiger partial charge in [0.15, 0.2) is 0 Å². The molecule has 2 amide bonds. The lowest BCUT2D eigenvalue weighted by atomic mass is 9.95. The Morgan fingerprint density at radius 1 is 1.15 bits per heavy atom. The predicted molar refractivity (Wildman–Crippen MR) is 91.9 cm³/mol. The van der Waals surface area contributed by atoms with Crippen LogP contribution in [0.4, 0.5) is 5.69 Å². The summed E-state index contributed by atoms with van der Waals surface area (Å²) >= 11 is 0. The Labute approximate surface area is 150 Å². The normalized spacial score (nSPS) is 20.4. The molecule has 0 N–H and O–H groups in total. The molecule has 2 aromatic heterocycles. The summed E-state index contributed by atoms with van der Waals surface area (Å²) in [6.07, 6.45) is 9.13. The van der Waals surface area contributed by atoms with Crippen LogP contribution in [-0.4, -0.2) is 51.3 Å². The number of nitrogens with zero attached hydrogens (tertiary/aromatic N) is 5. The standard InChI is InChI=1S/C18H21N5O3/c24-16-6-3-7-22(16)12-8-19-23(11-12)13-9-21(10-13)18(25)17-14-4-1-2-5-15(14)20-26-17/h8,11,13H,1-7,9-10H2. The molecule has 0 aromatic carbocycles. The molecule has 26 heavy (non-hydrogen) atoms. The Balaban J connectivity index is 1.25. The highest BCUT2D eigenvalue weighted by molar-refractivity contribution is 5.95. The molecule has 2 saturated heterocycles. The van der Waals surface area contributed by atoms with Gasteiger partial charge in [0.1, 0.15) is 0 Å². The van der Waals surface area contributed by atoms with E-state index in [2.05, 4.69) is 10.3 Å². The first-order chi connectivity index (χ1) is 12.7. The Kier molecular flexibility index (Phi) is 3.58. The summed E-state index contributed by atoms with van der Waals surface area (Å²) in [4.78, 5) is 28.1. The summed E-state index contributed by atoms with van der Waals surface area (Å²) in [7, 11) is 0. The van der Waals surface area contributed by atoms with E-state index in [4.69, 9.17) is 4.52 Å². The second-order valence-electron chi connectivity index (χ2n) is 7.34. The average Bonchev–Trinajstić information content (AvgIpc) is 3.32. The molecule has 0 unspecified atom stereocenters. The minimum Gasteiger partial charge on any atom is -0.350 e. The maximum Gasteiger partial charge on any atom is 0.292 e. The lowest BCUT2D eigenvalue weighted by Gasteiger charge is -2.38. The first-order valence-electron chi connectivity index (χ1n) is 9.32. The van der Waals surface area contributed by atoms with Gasteiger partial charge in [-0.25, -0.2) is 0 Å². The van der Waals surface area contributed by atoms with Crippen molar-refractivity contribution in [1.82, 2.24) is 19.8 Å². The second kappa shape index (κ2) is 5.96. The van der Waals surface area contributed by atoms with Crippen LogP contribution in [0.3, 0.4) is 0 Å². The Morgan fingerprint density at radius 3 is 2.81 bits per heavy atom. The zero-order valence-electron chi connectivity index (χ0n) is 14.6. The van der Waals surface area contributed by atoms with E-state index in [1.807, 2.05) is 10.9 Å². The fourth-order valence-corrected chi connectivity index (χ4v) is 4.08. The number of aryl methyl sites for hydroxylation is 1. The number of rotatable bonds is 3. The molecule has 0 atom stereocenters. The first kappa shape index (κ1) is 15.6. The zero-order chi connectivity index (χ0) is 17.7. The van der Waals surface area contributed by atoms with Gasteiger partial charge in [-0.1, -0.05) is 5.16 Å². The summed E-state index contributed by atoms with van der Waals surface area (Å²) in [5, 5.41) is 8.47. The third-order valence-electron chi connectivity index (χ3n) is 5.65. The highest BCUT2D eigenvalue weighted by Crippen LogP contribution is 2.29. The monoisotopic (exact) mass is 355 g/mol. The van der Waals surface area contributed by atoms with Gasteiger partial charge in [0, 0.05) is 37.8 Å². The largest absolute Gasteiger partial charge is 0.350 e. The minimum absolute atomic E-state index is 0.0704. The van der Waals surface area contributed by atoms with E-state index < -0.39 is 0 Å². The highest BCUT2D eigenvalue weighted by Gasteiger charge is 2.37. The molecule has 0 saturated carbocycles. The third kappa shape index (κ3) is 2.43. The number of hydrogen-bond acceptors (Lipinski definition) is 5. The molecule has 8 nitrogen and oxygen atoms in total. The summed E-state index contributed by atoms with van der Waals surface area (Å²) in [6.45, 7) is 1.96. The van der Waals surface area contributed by atoms with Crippen molar-refractivity contribution in [2.45, 2.75) is 44.6 Å². The highest BCUT2D eigenvalue weighted by atomic mass is 16.5. The average molecular weight is 355 g/mol. The van der Waals surface area contributed by atoms with Gasteiger partial charge in [-0.3, -0.25) is 14.3 Å². The molecule has 8 heteroatoms. The number of anilines is 1. The smallest absolute Gasteiger partial charge is 0.292 e. The Morgan fingerprint density at radius 2 is 2.00 bits per heavy atom. The number of fused-ring (bicyclic) bond motifs is 1. The van der Waals surface area contributed by atoms with Crippen molar-refractivity contribution in [3.63, 3.8) is 0 Å². The predicted octanol–water partition coefficient (Wildman–Crippen LogP) is 1.57. The van der Waals surface area contributed by atoms with Gasteiger partial charge in [-0.2, -0.15) is 5.10 Å². The van der Waals surface area contributed by atoms with Gasteiger partial charge in [-0.15, -0.1) is 0 Å². The molecule has 1 aliphatic carbocycles. The van der Waals surface area contributed by atoms with E-state index in [1.54, 1.807) is 16.0 Å². The van der Waals surface area contributed by atoms with Gasteiger partial charge in [0.2, 0.25) is 11.7 Å². The molecule has 3 aliphatic rings. The van der Waals surface area contributed by atoms with Gasteiger partial charge in [0.05, 0.1) is 23.6 Å². The SMILES string of the molecule is O=C(c1onc2c1CCCC2)N1CC(n2cc(N3CCCC3=O)cn2)C1. The Hall–Kier alpha value is -2.64. The molecule has 0 bridgehead atoms. The van der Waals surface area contributed by atoms with E-state index in [0.717, 1.165) is 55.6 Å². The molecule has 0 radical (unpaired) electrons. The number of amides is 2. The summed E-state index contributed by atoms with van der Waals surface area (Å²) in [5.74, 6) is 0.506. The fraction of sp³-hybridized carbons (Fsp3) is 0.556. The van der Waals surface area contributed by atoms with Gasteiger partial charge < -0.3 is 14.3 Å². The molecule has 2 aliphatic heterocycles. The molecule has 136 valence electrons. The number of aromatic nitrogens is 3. The third-order valence-corrected chi connectivity index (χ3v) is 5.65. The molecule has 2 fully saturated rings. The van der Waals surface area contributed by atoms with Crippen LogP contribution < -0.4 is 4.90 Å². The van der Waals surface area contributed by atoms with Crippen LogP contribution in [-0.2, 0) is 17.6 Å². The van der Waals surface area contributed by atoms with Gasteiger partial charge in [0.25, 0.3) is 5.91 Å². The maximum absolute atomic E-state index is 12.7. The van der Waals surface area contributed by atoms with Gasteiger partial charge >= 0.3 is 0 Å². The summed E-state index contributed by atoms with van der Waals surface area (Å²) in [5.41, 5.74) is 2.80. The molecular formula is C18H21N5O3. The summed E-state index contributed by atoms with van der Waals surface area (Å²) in [6, 6.07) is 0.143. The Bertz CT molecular complexity index is 864. The zero-order valence-corrected chi connectivity index (χ0v) is 14.6. The van der Waals surface area contributed by atoms with Crippen LogP contribution in [0.15, 0.2) is 16.9 Å². The van der Waals surface area contributed by atoms with Crippen molar-refractivity contribution >= 4 is 17.5 Å². The van der Waals surface area contributed by atoms with Crippen molar-refractivity contribution < 1.29 is 14.1 Å². The van der Waals surface area contributed by atoms with Crippen molar-refractivity contribution in [2.75, 3.05) is 24.5 Å². The van der Waals surface area contributed by atoms with Crippen molar-refractivity contribution in [3.05, 3.63) is 29.4 Å². The summed E-state index contributed by atoms with van der Waals surface area (Å²) < 4.78 is 7.21. The van der Waals surface area contributed by atoms with Crippen molar-refractivity contribution in [2.24, 2.45) is 0 Å². The van der Waals surface area contributed by atoms with Crippen LogP contribution in [0, 0.1) is 0 Å². The van der Waals surface area contributed by atoms with Crippen LogP contribution in [0.25, 0.3) is 0 Å². The van der Waals surface area contributed by atoms with Gasteiger partial charge in [-0.05, 0) is 32.1 Å². The quantitative estimate of drug-likeness (QED) is 0.834. The maximum atomic E-state index is 12.7. The van der Waals surface area contributed by atoms with Crippen molar-refractivity contribution in [1.29, 1.82) is 0 Å². The molecular weight excluding hydrogens is 334 g/mol.